The highest BCUT2D eigenvalue weighted by Gasteiger charge is 2.23. The smallest absolute Gasteiger partial charge is 0.257 e. The number of likely N-dealkylation sites (N-methyl/N-ethyl adjacent to an activating group) is 1. The molecule has 5 heterocycles. The lowest BCUT2D eigenvalue weighted by atomic mass is 10.1. The van der Waals surface area contributed by atoms with E-state index in [4.69, 9.17) is 14.5 Å². The second-order valence-corrected chi connectivity index (χ2v) is 12.5. The van der Waals surface area contributed by atoms with Gasteiger partial charge in [0.25, 0.3) is 11.8 Å². The zero-order valence-electron chi connectivity index (χ0n) is 28.6. The highest BCUT2D eigenvalue weighted by atomic mass is 16.5. The average Bonchev–Trinajstić information content (AvgIpc) is 3.60. The summed E-state index contributed by atoms with van der Waals surface area (Å²) in [4.78, 5) is 54.0. The number of amides is 2. The number of nitrogens with zero attached hydrogens (tertiary/aromatic N) is 9. The predicted octanol–water partition coefficient (Wildman–Crippen LogP) is 3.65. The van der Waals surface area contributed by atoms with Gasteiger partial charge in [-0.1, -0.05) is 0 Å². The summed E-state index contributed by atoms with van der Waals surface area (Å²) in [6.45, 7) is 8.48. The van der Waals surface area contributed by atoms with Gasteiger partial charge in [0.1, 0.15) is 5.82 Å². The van der Waals surface area contributed by atoms with E-state index in [1.165, 1.54) is 0 Å². The number of hydrogen-bond donors (Lipinski definition) is 0. The Kier molecular flexibility index (Phi) is 11.0. The van der Waals surface area contributed by atoms with Gasteiger partial charge in [-0.2, -0.15) is 0 Å². The van der Waals surface area contributed by atoms with Gasteiger partial charge in [-0.15, -0.1) is 0 Å². The number of aromatic nitrogens is 5. The first-order valence-corrected chi connectivity index (χ1v) is 17.0. The fourth-order valence-corrected chi connectivity index (χ4v) is 6.25. The monoisotopic (exact) mass is 667 g/mol. The number of rotatable bonds is 4. The van der Waals surface area contributed by atoms with E-state index in [-0.39, 0.29) is 11.8 Å². The van der Waals surface area contributed by atoms with Gasteiger partial charge < -0.3 is 33.6 Å². The van der Waals surface area contributed by atoms with Gasteiger partial charge in [0.15, 0.2) is 11.5 Å². The maximum Gasteiger partial charge on any atom is 0.257 e. The van der Waals surface area contributed by atoms with Crippen molar-refractivity contribution in [2.45, 2.75) is 32.7 Å². The van der Waals surface area contributed by atoms with Crippen LogP contribution in [0.4, 0.5) is 5.95 Å². The third-order valence-electron chi connectivity index (χ3n) is 9.17. The lowest BCUT2D eigenvalue weighted by molar-refractivity contribution is 0.0713. The molecule has 2 amide bonds. The molecule has 2 bridgehead atoms. The number of piperazine rings is 1. The van der Waals surface area contributed by atoms with Crippen molar-refractivity contribution in [3.8, 4) is 22.9 Å². The summed E-state index contributed by atoms with van der Waals surface area (Å²) in [5.41, 5.74) is 2.64. The zero-order valence-corrected chi connectivity index (χ0v) is 28.6. The molecule has 3 aromatic heterocycles. The number of benzene rings is 1. The molecule has 0 saturated carbocycles. The molecule has 49 heavy (non-hydrogen) atoms. The van der Waals surface area contributed by atoms with E-state index in [0.29, 0.717) is 80.0 Å². The molecule has 1 aromatic carbocycles. The van der Waals surface area contributed by atoms with E-state index >= 15 is 0 Å². The van der Waals surface area contributed by atoms with Crippen LogP contribution in [0.1, 0.15) is 45.7 Å². The first-order chi connectivity index (χ1) is 23.9. The first kappa shape index (κ1) is 33.8. The van der Waals surface area contributed by atoms with Gasteiger partial charge in [0, 0.05) is 101 Å². The molecule has 13 heteroatoms. The number of anilines is 1. The summed E-state index contributed by atoms with van der Waals surface area (Å²) in [7, 11) is 3.73. The van der Waals surface area contributed by atoms with Crippen molar-refractivity contribution >= 4 is 17.8 Å². The van der Waals surface area contributed by atoms with E-state index in [1.54, 1.807) is 44.0 Å². The number of fused-ring (bicyclic) bond motifs is 4. The standard InChI is InChI=1S/C36H45N9O4/c1-27-30(26-39-36(40-27)45-20-18-41(2)19-21-45)35(47)44-15-5-4-14-43(34(46)28-9-11-37-12-10-28)16-6-24-49-32-25-29(7-8-31(32)48-3)33-38-13-17-42(33)22-23-44/h7-13,17,25-26H,4-6,14-16,18-24H2,1-3H3. The molecule has 0 aliphatic carbocycles. The Hall–Kier alpha value is -5.04. The number of carbonyl (C=O) groups excluding carboxylic acids is 2. The first-order valence-electron chi connectivity index (χ1n) is 17.0. The Labute approximate surface area is 287 Å². The molecule has 4 aromatic rings. The van der Waals surface area contributed by atoms with Gasteiger partial charge in [-0.3, -0.25) is 14.6 Å². The minimum atomic E-state index is -0.105. The van der Waals surface area contributed by atoms with E-state index in [2.05, 4.69) is 36.4 Å². The highest BCUT2D eigenvalue weighted by Crippen LogP contribution is 2.32. The van der Waals surface area contributed by atoms with Gasteiger partial charge in [0.05, 0.1) is 25.0 Å². The molecule has 0 N–H and O–H groups in total. The third kappa shape index (κ3) is 8.16. The number of methoxy groups -OCH3 is 1. The number of ether oxygens (including phenoxy) is 2. The molecular formula is C36H45N9O4. The number of pyridine rings is 1. The molecule has 258 valence electrons. The molecular weight excluding hydrogens is 622 g/mol. The molecule has 0 atom stereocenters. The number of imidazole rings is 1. The molecule has 6 rings (SSSR count). The van der Waals surface area contributed by atoms with Crippen LogP contribution in [0.3, 0.4) is 0 Å². The van der Waals surface area contributed by atoms with E-state index in [0.717, 1.165) is 50.4 Å². The maximum absolute atomic E-state index is 14.2. The van der Waals surface area contributed by atoms with Crippen LogP contribution in [-0.4, -0.2) is 124 Å². The summed E-state index contributed by atoms with van der Waals surface area (Å²) in [5, 5.41) is 0. The minimum absolute atomic E-state index is 0.0496. The Morgan fingerprint density at radius 3 is 2.29 bits per heavy atom. The summed E-state index contributed by atoms with van der Waals surface area (Å²) in [6, 6.07) is 9.24. The van der Waals surface area contributed by atoms with Crippen LogP contribution in [-0.2, 0) is 6.54 Å². The Morgan fingerprint density at radius 1 is 0.816 bits per heavy atom. The zero-order chi connectivity index (χ0) is 34.2. The van der Waals surface area contributed by atoms with Crippen molar-refractivity contribution in [3.63, 3.8) is 0 Å². The van der Waals surface area contributed by atoms with Gasteiger partial charge in [-0.25, -0.2) is 15.0 Å². The van der Waals surface area contributed by atoms with Crippen LogP contribution in [0.15, 0.2) is 61.3 Å². The van der Waals surface area contributed by atoms with Gasteiger partial charge in [-0.05, 0) is 63.6 Å². The third-order valence-corrected chi connectivity index (χ3v) is 9.17. The van der Waals surface area contributed by atoms with Crippen molar-refractivity contribution in [3.05, 3.63) is 78.1 Å². The van der Waals surface area contributed by atoms with Gasteiger partial charge in [0.2, 0.25) is 5.95 Å². The molecule has 1 saturated heterocycles. The van der Waals surface area contributed by atoms with Crippen LogP contribution in [0, 0.1) is 6.92 Å². The topological polar surface area (TPSA) is 122 Å². The van der Waals surface area contributed by atoms with Crippen LogP contribution in [0.5, 0.6) is 11.5 Å². The van der Waals surface area contributed by atoms with Crippen molar-refractivity contribution < 1.29 is 19.1 Å². The quantitative estimate of drug-likeness (QED) is 0.319. The van der Waals surface area contributed by atoms with Crippen LogP contribution < -0.4 is 14.4 Å². The maximum atomic E-state index is 14.2. The fourth-order valence-electron chi connectivity index (χ4n) is 6.25. The Bertz CT molecular complexity index is 1720. The largest absolute Gasteiger partial charge is 0.493 e. The summed E-state index contributed by atoms with van der Waals surface area (Å²) in [5.74, 6) is 2.51. The summed E-state index contributed by atoms with van der Waals surface area (Å²) >= 11 is 0. The van der Waals surface area contributed by atoms with Crippen LogP contribution in [0.25, 0.3) is 11.4 Å². The minimum Gasteiger partial charge on any atom is -0.493 e. The summed E-state index contributed by atoms with van der Waals surface area (Å²) in [6.07, 6.45) is 10.7. The number of aryl methyl sites for hydroxylation is 1. The van der Waals surface area contributed by atoms with Crippen LogP contribution in [0.2, 0.25) is 0 Å². The molecule has 0 spiro atoms. The van der Waals surface area contributed by atoms with Crippen molar-refractivity contribution in [1.29, 1.82) is 0 Å². The molecule has 2 aliphatic heterocycles. The lowest BCUT2D eigenvalue weighted by Crippen LogP contribution is -2.45. The molecule has 1 fully saturated rings. The predicted molar refractivity (Wildman–Crippen MR) is 186 cm³/mol. The highest BCUT2D eigenvalue weighted by molar-refractivity contribution is 5.95. The van der Waals surface area contributed by atoms with Crippen molar-refractivity contribution in [2.75, 3.05) is 78.0 Å². The van der Waals surface area contributed by atoms with E-state index in [9.17, 15) is 9.59 Å². The Morgan fingerprint density at radius 2 is 1.55 bits per heavy atom. The van der Waals surface area contributed by atoms with Crippen molar-refractivity contribution in [1.82, 2.24) is 39.2 Å². The SMILES string of the molecule is COc1ccc2cc1OCCCN(C(=O)c1ccncc1)CCCCN(C(=O)c1cnc(N3CCN(C)CC3)nc1C)CCn1ccnc1-2. The second-order valence-electron chi connectivity index (χ2n) is 12.5. The molecule has 2 aliphatic rings. The number of hydrogen-bond acceptors (Lipinski definition) is 10. The number of carbonyl (C=O) groups is 2. The molecule has 0 radical (unpaired) electrons. The lowest BCUT2D eigenvalue weighted by Gasteiger charge is -2.32. The van der Waals surface area contributed by atoms with Crippen molar-refractivity contribution in [2.24, 2.45) is 0 Å². The molecule has 13 nitrogen and oxygen atoms in total. The van der Waals surface area contributed by atoms with Gasteiger partial charge >= 0.3 is 0 Å². The normalized spacial score (nSPS) is 16.8. The van der Waals surface area contributed by atoms with E-state index in [1.807, 2.05) is 41.1 Å². The second kappa shape index (κ2) is 15.9. The fraction of sp³-hybridized carbons (Fsp3) is 0.444. The molecule has 0 unspecified atom stereocenters. The summed E-state index contributed by atoms with van der Waals surface area (Å²) < 4.78 is 13.8. The average molecular weight is 668 g/mol. The Balaban J connectivity index is 1.26. The van der Waals surface area contributed by atoms with E-state index < -0.39 is 0 Å². The van der Waals surface area contributed by atoms with Crippen LogP contribution >= 0.6 is 0 Å².